The van der Waals surface area contributed by atoms with E-state index in [0.29, 0.717) is 5.92 Å². The molecule has 0 radical (unpaired) electrons. The Bertz CT molecular complexity index is 73.7. The van der Waals surface area contributed by atoms with Gasteiger partial charge >= 0.3 is 0 Å². The Labute approximate surface area is 63.2 Å². The van der Waals surface area contributed by atoms with Crippen molar-refractivity contribution < 1.29 is 9.84 Å². The van der Waals surface area contributed by atoms with Crippen LogP contribution in [0.2, 0.25) is 0 Å². The fourth-order valence-electron chi connectivity index (χ4n) is 0.988. The van der Waals surface area contributed by atoms with Crippen LogP contribution in [0.4, 0.5) is 0 Å². The molecule has 1 saturated heterocycles. The van der Waals surface area contributed by atoms with Gasteiger partial charge in [0.25, 0.3) is 0 Å². The van der Waals surface area contributed by atoms with Crippen LogP contribution in [0.5, 0.6) is 0 Å². The first-order valence-corrected chi connectivity index (χ1v) is 4.07. The van der Waals surface area contributed by atoms with Crippen molar-refractivity contribution in [1.82, 2.24) is 0 Å². The highest BCUT2D eigenvalue weighted by atomic mass is 16.5. The predicted octanol–water partition coefficient (Wildman–Crippen LogP) is 1.43. The highest BCUT2D eigenvalue weighted by Gasteiger charge is 2.22. The summed E-state index contributed by atoms with van der Waals surface area (Å²) in [6, 6.07) is 0. The fourth-order valence-corrected chi connectivity index (χ4v) is 0.988. The summed E-state index contributed by atoms with van der Waals surface area (Å²) in [4.78, 5) is 0. The van der Waals surface area contributed by atoms with Crippen LogP contribution in [0.1, 0.15) is 27.2 Å². The van der Waals surface area contributed by atoms with Crippen molar-refractivity contribution in [3.8, 4) is 0 Å². The molecule has 0 amide bonds. The smallest absolute Gasteiger partial charge is 0.0832 e. The Hall–Kier alpha value is -0.0800. The van der Waals surface area contributed by atoms with Gasteiger partial charge in [-0.3, -0.25) is 0 Å². The molecule has 1 rings (SSSR count). The number of aliphatic hydroxyl groups is 1. The highest BCUT2D eigenvalue weighted by Crippen LogP contribution is 2.18. The Balaban J connectivity index is 0.000000371. The molecule has 1 aliphatic rings. The molecular formula is C8H18O2. The monoisotopic (exact) mass is 146 g/mol. The van der Waals surface area contributed by atoms with Crippen molar-refractivity contribution in [3.05, 3.63) is 0 Å². The lowest BCUT2D eigenvalue weighted by molar-refractivity contribution is 0.0431. The summed E-state index contributed by atoms with van der Waals surface area (Å²) in [5.74, 6) is 0.556. The molecule has 1 N–H and O–H groups in total. The van der Waals surface area contributed by atoms with Gasteiger partial charge < -0.3 is 9.84 Å². The molecule has 0 aromatic carbocycles. The summed E-state index contributed by atoms with van der Waals surface area (Å²) >= 11 is 0. The van der Waals surface area contributed by atoms with Crippen molar-refractivity contribution in [2.24, 2.45) is 5.92 Å². The molecule has 0 aromatic rings. The molecular weight excluding hydrogens is 128 g/mol. The van der Waals surface area contributed by atoms with Crippen molar-refractivity contribution >= 4 is 0 Å². The number of ether oxygens (including phenoxy) is 1. The molecule has 62 valence electrons. The second-order valence-electron chi connectivity index (χ2n) is 2.36. The maximum atomic E-state index is 8.61. The summed E-state index contributed by atoms with van der Waals surface area (Å²) in [7, 11) is 0. The van der Waals surface area contributed by atoms with Gasteiger partial charge in [-0.05, 0) is 12.3 Å². The first-order valence-electron chi connectivity index (χ1n) is 4.07. The van der Waals surface area contributed by atoms with Crippen LogP contribution >= 0.6 is 0 Å². The van der Waals surface area contributed by atoms with E-state index in [1.54, 1.807) is 0 Å². The minimum Gasteiger partial charge on any atom is -0.394 e. The van der Waals surface area contributed by atoms with E-state index in [1.807, 2.05) is 13.8 Å². The first kappa shape index (κ1) is 9.92. The van der Waals surface area contributed by atoms with Crippen LogP contribution in [0.3, 0.4) is 0 Å². The second-order valence-corrected chi connectivity index (χ2v) is 2.36. The summed E-state index contributed by atoms with van der Waals surface area (Å²) in [5.41, 5.74) is 0. The lowest BCUT2D eigenvalue weighted by Crippen LogP contribution is -2.17. The molecule has 0 bridgehead atoms. The van der Waals surface area contributed by atoms with Gasteiger partial charge in [0.1, 0.15) is 0 Å². The van der Waals surface area contributed by atoms with Gasteiger partial charge in [-0.15, -0.1) is 0 Å². The average Bonchev–Trinajstić information content (AvgIpc) is 2.39. The third-order valence-electron chi connectivity index (χ3n) is 1.72. The number of rotatable bonds is 1. The normalized spacial score (nSPS) is 31.2. The zero-order chi connectivity index (χ0) is 7.98. The number of aliphatic hydroxyl groups excluding tert-OH is 1. The van der Waals surface area contributed by atoms with E-state index < -0.39 is 0 Å². The molecule has 0 spiro atoms. The third kappa shape index (κ3) is 2.67. The van der Waals surface area contributed by atoms with E-state index in [1.165, 1.54) is 0 Å². The largest absolute Gasteiger partial charge is 0.394 e. The van der Waals surface area contributed by atoms with Crippen LogP contribution in [0, 0.1) is 5.92 Å². The van der Waals surface area contributed by atoms with Crippen LogP contribution < -0.4 is 0 Å². The number of hydrogen-bond acceptors (Lipinski definition) is 2. The first-order chi connectivity index (χ1) is 4.84. The van der Waals surface area contributed by atoms with Gasteiger partial charge in [0.2, 0.25) is 0 Å². The molecule has 0 saturated carbocycles. The van der Waals surface area contributed by atoms with Crippen molar-refractivity contribution in [1.29, 1.82) is 0 Å². The standard InChI is InChI=1S/C6H12O2.C2H6/c1-5-2-3-8-6(5)4-7;1-2/h5-7H,2-4H2,1H3;1-2H3. The molecule has 0 aromatic heterocycles. The second kappa shape index (κ2) is 5.69. The summed E-state index contributed by atoms with van der Waals surface area (Å²) in [5, 5.41) is 8.61. The van der Waals surface area contributed by atoms with Crippen LogP contribution in [0.15, 0.2) is 0 Å². The third-order valence-corrected chi connectivity index (χ3v) is 1.72. The van der Waals surface area contributed by atoms with Crippen LogP contribution in [-0.4, -0.2) is 24.4 Å². The predicted molar refractivity (Wildman–Crippen MR) is 42.0 cm³/mol. The summed E-state index contributed by atoms with van der Waals surface area (Å²) in [6.45, 7) is 7.11. The fraction of sp³-hybridized carbons (Fsp3) is 1.00. The highest BCUT2D eigenvalue weighted by molar-refractivity contribution is 4.70. The topological polar surface area (TPSA) is 29.5 Å². The van der Waals surface area contributed by atoms with Gasteiger partial charge in [0.15, 0.2) is 0 Å². The van der Waals surface area contributed by atoms with E-state index in [2.05, 4.69) is 6.92 Å². The van der Waals surface area contributed by atoms with E-state index in [0.717, 1.165) is 13.0 Å². The van der Waals surface area contributed by atoms with Gasteiger partial charge in [0.05, 0.1) is 12.7 Å². The summed E-state index contributed by atoms with van der Waals surface area (Å²) in [6.07, 6.45) is 1.22. The van der Waals surface area contributed by atoms with Crippen molar-refractivity contribution in [3.63, 3.8) is 0 Å². The molecule has 1 aliphatic heterocycles. The lowest BCUT2D eigenvalue weighted by Gasteiger charge is -2.08. The maximum Gasteiger partial charge on any atom is 0.0832 e. The van der Waals surface area contributed by atoms with E-state index >= 15 is 0 Å². The SMILES string of the molecule is CC.CC1CCOC1CO. The van der Waals surface area contributed by atoms with E-state index in [4.69, 9.17) is 9.84 Å². The van der Waals surface area contributed by atoms with Gasteiger partial charge in [-0.1, -0.05) is 20.8 Å². The average molecular weight is 146 g/mol. The minimum atomic E-state index is 0.120. The zero-order valence-electron chi connectivity index (χ0n) is 7.13. The van der Waals surface area contributed by atoms with Crippen LogP contribution in [0.25, 0.3) is 0 Å². The van der Waals surface area contributed by atoms with Gasteiger partial charge in [-0.25, -0.2) is 0 Å². The van der Waals surface area contributed by atoms with Crippen molar-refractivity contribution in [2.75, 3.05) is 13.2 Å². The lowest BCUT2D eigenvalue weighted by atomic mass is 10.1. The molecule has 2 heteroatoms. The molecule has 1 fully saturated rings. The Kier molecular flexibility index (Phi) is 5.64. The van der Waals surface area contributed by atoms with Gasteiger partial charge in [0, 0.05) is 6.61 Å². The molecule has 10 heavy (non-hydrogen) atoms. The van der Waals surface area contributed by atoms with E-state index in [9.17, 15) is 0 Å². The zero-order valence-corrected chi connectivity index (χ0v) is 7.13. The quantitative estimate of drug-likeness (QED) is 0.606. The maximum absolute atomic E-state index is 8.61. The Morgan fingerprint density at radius 3 is 2.30 bits per heavy atom. The molecule has 2 unspecified atom stereocenters. The molecule has 2 atom stereocenters. The Morgan fingerprint density at radius 1 is 1.50 bits per heavy atom. The van der Waals surface area contributed by atoms with Gasteiger partial charge in [-0.2, -0.15) is 0 Å². The molecule has 2 nitrogen and oxygen atoms in total. The minimum absolute atomic E-state index is 0.120. The number of hydrogen-bond donors (Lipinski definition) is 1. The van der Waals surface area contributed by atoms with E-state index in [-0.39, 0.29) is 12.7 Å². The van der Waals surface area contributed by atoms with Crippen LogP contribution in [-0.2, 0) is 4.74 Å². The Morgan fingerprint density at radius 2 is 2.10 bits per heavy atom. The summed E-state index contributed by atoms with van der Waals surface area (Å²) < 4.78 is 5.16. The molecule has 1 heterocycles. The molecule has 0 aliphatic carbocycles. The van der Waals surface area contributed by atoms with Crippen molar-refractivity contribution in [2.45, 2.75) is 33.3 Å².